The summed E-state index contributed by atoms with van der Waals surface area (Å²) in [6.45, 7) is 4.42. The first-order chi connectivity index (χ1) is 8.11. The minimum atomic E-state index is -0.688. The van der Waals surface area contributed by atoms with Gasteiger partial charge in [-0.1, -0.05) is 0 Å². The quantitative estimate of drug-likeness (QED) is 0.798. The van der Waals surface area contributed by atoms with Gasteiger partial charge in [0.2, 0.25) is 0 Å². The number of aliphatic hydroxyl groups excluding tert-OH is 1. The van der Waals surface area contributed by atoms with Crippen LogP contribution >= 0.6 is 0 Å². The third-order valence-electron chi connectivity index (χ3n) is 2.61. The van der Waals surface area contributed by atoms with Gasteiger partial charge in [-0.2, -0.15) is 0 Å². The van der Waals surface area contributed by atoms with Crippen molar-refractivity contribution in [1.82, 2.24) is 0 Å². The van der Waals surface area contributed by atoms with Crippen molar-refractivity contribution >= 4 is 16.7 Å². The topological polar surface area (TPSA) is 62.5 Å². The zero-order chi connectivity index (χ0) is 12.4. The van der Waals surface area contributed by atoms with Crippen molar-refractivity contribution in [2.45, 2.75) is 20.0 Å². The molecule has 0 saturated heterocycles. The van der Waals surface area contributed by atoms with E-state index < -0.39 is 11.7 Å². The van der Waals surface area contributed by atoms with E-state index in [0.717, 1.165) is 17.6 Å². The third-order valence-corrected chi connectivity index (χ3v) is 2.61. The molecule has 1 atom stereocenters. The molecule has 2 aromatic rings. The van der Waals surface area contributed by atoms with Crippen molar-refractivity contribution in [1.29, 1.82) is 0 Å². The molecule has 0 aliphatic carbocycles. The highest BCUT2D eigenvalue weighted by molar-refractivity contribution is 5.83. The van der Waals surface area contributed by atoms with Crippen LogP contribution in [0.2, 0.25) is 0 Å². The molecule has 0 radical (unpaired) electrons. The number of fused-ring (bicyclic) bond motifs is 1. The fourth-order valence-corrected chi connectivity index (χ4v) is 1.85. The van der Waals surface area contributed by atoms with Gasteiger partial charge in [-0.3, -0.25) is 0 Å². The van der Waals surface area contributed by atoms with E-state index in [9.17, 15) is 9.90 Å². The van der Waals surface area contributed by atoms with E-state index in [1.807, 2.05) is 19.1 Å². The molecular weight excluding hydrogens is 218 g/mol. The molecule has 0 fully saturated rings. The van der Waals surface area contributed by atoms with Crippen molar-refractivity contribution in [3.05, 3.63) is 40.2 Å². The Morgan fingerprint density at radius 3 is 2.82 bits per heavy atom. The molecular formula is C13H15NO3. The predicted molar refractivity (Wildman–Crippen MR) is 67.3 cm³/mol. The first-order valence-corrected chi connectivity index (χ1v) is 5.61. The van der Waals surface area contributed by atoms with Crippen molar-refractivity contribution < 1.29 is 9.52 Å². The zero-order valence-corrected chi connectivity index (χ0v) is 9.86. The lowest BCUT2D eigenvalue weighted by Gasteiger charge is -2.09. The lowest BCUT2D eigenvalue weighted by molar-refractivity contribution is 0.200. The van der Waals surface area contributed by atoms with E-state index in [4.69, 9.17) is 4.42 Å². The highest BCUT2D eigenvalue weighted by Crippen LogP contribution is 2.25. The first kappa shape index (κ1) is 11.7. The van der Waals surface area contributed by atoms with Crippen LogP contribution in [0.25, 0.3) is 11.0 Å². The van der Waals surface area contributed by atoms with Gasteiger partial charge in [-0.15, -0.1) is 0 Å². The Balaban J connectivity index is 2.66. The summed E-state index contributed by atoms with van der Waals surface area (Å²) in [5.74, 6) is 0. The Morgan fingerprint density at radius 1 is 1.41 bits per heavy atom. The third kappa shape index (κ3) is 2.31. The maximum Gasteiger partial charge on any atom is 0.336 e. The average molecular weight is 233 g/mol. The second-order valence-corrected chi connectivity index (χ2v) is 3.94. The highest BCUT2D eigenvalue weighted by atomic mass is 16.4. The fourth-order valence-electron chi connectivity index (χ4n) is 1.85. The summed E-state index contributed by atoms with van der Waals surface area (Å²) in [5.41, 5.74) is 1.54. The molecule has 0 amide bonds. The largest absolute Gasteiger partial charge is 0.423 e. The van der Waals surface area contributed by atoms with Gasteiger partial charge in [-0.25, -0.2) is 4.79 Å². The molecule has 1 aromatic heterocycles. The minimum Gasteiger partial charge on any atom is -0.423 e. The Hall–Kier alpha value is -1.81. The molecule has 4 heteroatoms. The van der Waals surface area contributed by atoms with Gasteiger partial charge in [0.05, 0.1) is 6.10 Å². The van der Waals surface area contributed by atoms with E-state index in [2.05, 4.69) is 5.32 Å². The smallest absolute Gasteiger partial charge is 0.336 e. The molecule has 0 saturated carbocycles. The number of anilines is 1. The van der Waals surface area contributed by atoms with E-state index in [-0.39, 0.29) is 0 Å². The minimum absolute atomic E-state index is 0.443. The van der Waals surface area contributed by atoms with Gasteiger partial charge in [0, 0.05) is 29.8 Å². The molecule has 1 unspecified atom stereocenters. The SMILES string of the molecule is CCNc1ccc2c(C(C)O)cc(=O)oc2c1. The Kier molecular flexibility index (Phi) is 3.15. The second kappa shape index (κ2) is 4.59. The number of benzene rings is 1. The monoisotopic (exact) mass is 233 g/mol. The highest BCUT2D eigenvalue weighted by Gasteiger charge is 2.10. The predicted octanol–water partition coefficient (Wildman–Crippen LogP) is 2.28. The van der Waals surface area contributed by atoms with Crippen molar-refractivity contribution in [2.24, 2.45) is 0 Å². The number of nitrogens with one attached hydrogen (secondary N) is 1. The second-order valence-electron chi connectivity index (χ2n) is 3.94. The van der Waals surface area contributed by atoms with Crippen LogP contribution in [0, 0.1) is 0 Å². The van der Waals surface area contributed by atoms with E-state index >= 15 is 0 Å². The number of hydrogen-bond donors (Lipinski definition) is 2. The van der Waals surface area contributed by atoms with E-state index in [0.29, 0.717) is 11.1 Å². The first-order valence-electron chi connectivity index (χ1n) is 5.61. The average Bonchev–Trinajstić information content (AvgIpc) is 2.27. The summed E-state index contributed by atoms with van der Waals surface area (Å²) in [4.78, 5) is 11.4. The molecule has 0 bridgehead atoms. The molecule has 0 aliphatic rings. The van der Waals surface area contributed by atoms with Gasteiger partial charge in [-0.05, 0) is 31.5 Å². The van der Waals surface area contributed by atoms with Crippen molar-refractivity contribution in [3.8, 4) is 0 Å². The molecule has 17 heavy (non-hydrogen) atoms. The van der Waals surface area contributed by atoms with Crippen LogP contribution in [0.3, 0.4) is 0 Å². The maximum atomic E-state index is 11.4. The normalized spacial score (nSPS) is 12.6. The zero-order valence-electron chi connectivity index (χ0n) is 9.86. The molecule has 2 N–H and O–H groups in total. The Morgan fingerprint density at radius 2 is 2.18 bits per heavy atom. The van der Waals surface area contributed by atoms with Crippen LogP contribution in [-0.4, -0.2) is 11.7 Å². The molecule has 2 rings (SSSR count). The number of rotatable bonds is 3. The summed E-state index contributed by atoms with van der Waals surface area (Å²) in [7, 11) is 0. The molecule has 0 aliphatic heterocycles. The summed E-state index contributed by atoms with van der Waals surface area (Å²) >= 11 is 0. The molecule has 1 heterocycles. The van der Waals surface area contributed by atoms with Crippen molar-refractivity contribution in [3.63, 3.8) is 0 Å². The number of hydrogen-bond acceptors (Lipinski definition) is 4. The van der Waals surface area contributed by atoms with Gasteiger partial charge in [0.15, 0.2) is 0 Å². The summed E-state index contributed by atoms with van der Waals surface area (Å²) in [5, 5.41) is 13.5. The van der Waals surface area contributed by atoms with Crippen LogP contribution in [-0.2, 0) is 0 Å². The molecule has 4 nitrogen and oxygen atoms in total. The lowest BCUT2D eigenvalue weighted by atomic mass is 10.1. The van der Waals surface area contributed by atoms with E-state index in [1.165, 1.54) is 6.07 Å². The summed E-state index contributed by atoms with van der Waals surface area (Å²) in [6.07, 6.45) is -0.688. The van der Waals surface area contributed by atoms with Crippen LogP contribution in [0.1, 0.15) is 25.5 Å². The fraction of sp³-hybridized carbons (Fsp3) is 0.308. The van der Waals surface area contributed by atoms with Gasteiger partial charge in [0.1, 0.15) is 5.58 Å². The molecule has 0 spiro atoms. The summed E-state index contributed by atoms with van der Waals surface area (Å²) < 4.78 is 5.13. The summed E-state index contributed by atoms with van der Waals surface area (Å²) in [6, 6.07) is 6.85. The van der Waals surface area contributed by atoms with Gasteiger partial charge < -0.3 is 14.8 Å². The Bertz CT molecular complexity index is 587. The maximum absolute atomic E-state index is 11.4. The van der Waals surface area contributed by atoms with Crippen LogP contribution in [0.5, 0.6) is 0 Å². The van der Waals surface area contributed by atoms with Crippen LogP contribution < -0.4 is 10.9 Å². The van der Waals surface area contributed by atoms with Crippen molar-refractivity contribution in [2.75, 3.05) is 11.9 Å². The Labute approximate surface area is 98.9 Å². The van der Waals surface area contributed by atoms with Crippen LogP contribution in [0.4, 0.5) is 5.69 Å². The number of aliphatic hydroxyl groups is 1. The van der Waals surface area contributed by atoms with E-state index in [1.54, 1.807) is 13.0 Å². The standard InChI is InChI=1S/C13H15NO3/c1-3-14-9-4-5-10-11(8(2)15)7-13(16)17-12(10)6-9/h4-8,14-15H,3H2,1-2H3. The molecule has 90 valence electrons. The van der Waals surface area contributed by atoms with Gasteiger partial charge in [0.25, 0.3) is 0 Å². The lowest BCUT2D eigenvalue weighted by Crippen LogP contribution is -2.04. The van der Waals surface area contributed by atoms with Gasteiger partial charge >= 0.3 is 5.63 Å². The van der Waals surface area contributed by atoms with Crippen LogP contribution in [0.15, 0.2) is 33.5 Å². The molecule has 1 aromatic carbocycles.